The van der Waals surface area contributed by atoms with Crippen molar-refractivity contribution in [1.82, 2.24) is 25.5 Å². The van der Waals surface area contributed by atoms with Gasteiger partial charge in [-0.05, 0) is 54.4 Å². The summed E-state index contributed by atoms with van der Waals surface area (Å²) in [6.45, 7) is 10.5. The number of nitrogens with two attached hydrogens (primary N) is 1. The Labute approximate surface area is 223 Å². The van der Waals surface area contributed by atoms with Crippen LogP contribution in [0.15, 0.2) is 18.5 Å². The number of carbonyl (C=O) groups is 4. The topological polar surface area (TPSA) is 159 Å². The van der Waals surface area contributed by atoms with Crippen molar-refractivity contribution in [3.05, 3.63) is 18.5 Å². The summed E-state index contributed by atoms with van der Waals surface area (Å²) in [5.41, 5.74) is 4.96. The number of rotatable bonds is 8. The van der Waals surface area contributed by atoms with E-state index >= 15 is 0 Å². The number of fused-ring (bicyclic) bond motifs is 1. The summed E-state index contributed by atoms with van der Waals surface area (Å²) in [5.74, 6) is -1.27. The van der Waals surface area contributed by atoms with Crippen LogP contribution < -0.4 is 21.7 Å². The van der Waals surface area contributed by atoms with Crippen molar-refractivity contribution >= 4 is 29.6 Å². The molecule has 38 heavy (non-hydrogen) atoms. The molecule has 0 aromatic carbocycles. The van der Waals surface area contributed by atoms with Gasteiger partial charge in [0.15, 0.2) is 0 Å². The molecule has 1 aromatic heterocycles. The van der Waals surface area contributed by atoms with Gasteiger partial charge in [0.05, 0.1) is 0 Å². The maximum atomic E-state index is 14.0. The number of piperidine rings is 1. The Morgan fingerprint density at radius 2 is 1.87 bits per heavy atom. The van der Waals surface area contributed by atoms with Crippen molar-refractivity contribution in [3.8, 4) is 0 Å². The maximum Gasteiger partial charge on any atom is 0.246 e. The molecule has 4 fully saturated rings. The standard InChI is InChI=1S/C27H39N7O4/c1-25(2,3)19(32-24-29-9-6-10-30-24)23(38)34-13-15-17(26(15,4)5)18(34)22(37)31-16(20(28)35)11-14-12-27(7-8-27)33-21(14)36/h6,9-10,14-19H,7-8,11-13H2,1-5H3,(H2,28,35)(H,31,37)(H,33,36)(H,29,30,32)/t14-,15+,16+,17+,18+,19-/m1/s1. The first kappa shape index (κ1) is 26.4. The minimum atomic E-state index is -0.987. The first-order valence-corrected chi connectivity index (χ1v) is 13.5. The predicted octanol–water partition coefficient (Wildman–Crippen LogP) is 0.815. The van der Waals surface area contributed by atoms with Crippen LogP contribution in [0.2, 0.25) is 0 Å². The van der Waals surface area contributed by atoms with E-state index in [1.807, 2.05) is 20.8 Å². The molecule has 0 unspecified atom stereocenters. The van der Waals surface area contributed by atoms with Crippen LogP contribution in [0, 0.1) is 28.6 Å². The van der Waals surface area contributed by atoms with Gasteiger partial charge in [-0.1, -0.05) is 34.6 Å². The van der Waals surface area contributed by atoms with Crippen LogP contribution in [0.3, 0.4) is 0 Å². The van der Waals surface area contributed by atoms with Gasteiger partial charge in [-0.15, -0.1) is 0 Å². The third-order valence-corrected chi connectivity index (χ3v) is 9.14. The zero-order valence-corrected chi connectivity index (χ0v) is 22.8. The van der Waals surface area contributed by atoms with Crippen molar-refractivity contribution in [2.24, 2.45) is 34.3 Å². The zero-order valence-electron chi connectivity index (χ0n) is 22.8. The van der Waals surface area contributed by atoms with E-state index in [2.05, 4.69) is 39.8 Å². The number of nitrogens with one attached hydrogen (secondary N) is 3. The normalized spacial score (nSPS) is 29.7. The Hall–Kier alpha value is -3.24. The molecule has 5 rings (SSSR count). The van der Waals surface area contributed by atoms with Crippen LogP contribution in [0.4, 0.5) is 5.95 Å². The van der Waals surface area contributed by atoms with Crippen LogP contribution in [0.5, 0.6) is 0 Å². The zero-order chi connectivity index (χ0) is 27.6. The minimum Gasteiger partial charge on any atom is -0.368 e. The van der Waals surface area contributed by atoms with Gasteiger partial charge < -0.3 is 26.6 Å². The Balaban J connectivity index is 1.34. The van der Waals surface area contributed by atoms with Gasteiger partial charge in [-0.3, -0.25) is 19.2 Å². The van der Waals surface area contributed by atoms with Gasteiger partial charge in [0.2, 0.25) is 29.6 Å². The van der Waals surface area contributed by atoms with E-state index in [-0.39, 0.29) is 46.9 Å². The highest BCUT2D eigenvalue weighted by Gasteiger charge is 2.70. The second kappa shape index (κ2) is 8.91. The fourth-order valence-corrected chi connectivity index (χ4v) is 6.57. The largest absolute Gasteiger partial charge is 0.368 e. The van der Waals surface area contributed by atoms with Gasteiger partial charge in [-0.25, -0.2) is 9.97 Å². The minimum absolute atomic E-state index is 0.0296. The van der Waals surface area contributed by atoms with Crippen molar-refractivity contribution in [3.63, 3.8) is 0 Å². The molecule has 3 heterocycles. The molecule has 11 nitrogen and oxygen atoms in total. The number of anilines is 1. The lowest BCUT2D eigenvalue weighted by atomic mass is 9.85. The van der Waals surface area contributed by atoms with E-state index in [4.69, 9.17) is 5.73 Å². The summed E-state index contributed by atoms with van der Waals surface area (Å²) in [7, 11) is 0. The highest BCUT2D eigenvalue weighted by atomic mass is 16.2. The third-order valence-electron chi connectivity index (χ3n) is 9.14. The number of primary amides is 1. The summed E-state index contributed by atoms with van der Waals surface area (Å²) in [6.07, 6.45) is 5.89. The Morgan fingerprint density at radius 3 is 2.42 bits per heavy atom. The number of aromatic nitrogens is 2. The molecule has 2 aliphatic heterocycles. The molecule has 4 aliphatic rings. The molecule has 11 heteroatoms. The molecule has 5 N–H and O–H groups in total. The number of carbonyl (C=O) groups excluding carboxylic acids is 4. The van der Waals surface area contributed by atoms with E-state index in [1.54, 1.807) is 23.4 Å². The van der Waals surface area contributed by atoms with Crippen LogP contribution >= 0.6 is 0 Å². The molecule has 0 radical (unpaired) electrons. The molecular weight excluding hydrogens is 486 g/mol. The lowest BCUT2D eigenvalue weighted by Crippen LogP contribution is -2.58. The van der Waals surface area contributed by atoms with Crippen molar-refractivity contribution in [1.29, 1.82) is 0 Å². The Bertz CT molecular complexity index is 1140. The molecule has 206 valence electrons. The van der Waals surface area contributed by atoms with E-state index < -0.39 is 35.4 Å². The highest BCUT2D eigenvalue weighted by Crippen LogP contribution is 2.65. The van der Waals surface area contributed by atoms with Crippen molar-refractivity contribution in [2.75, 3.05) is 11.9 Å². The molecular formula is C27H39N7O4. The lowest BCUT2D eigenvalue weighted by molar-refractivity contribution is -0.143. The van der Waals surface area contributed by atoms with Crippen molar-refractivity contribution in [2.45, 2.75) is 84.0 Å². The second-order valence-electron chi connectivity index (χ2n) is 13.3. The van der Waals surface area contributed by atoms with Gasteiger partial charge in [0, 0.05) is 30.4 Å². The molecule has 2 saturated carbocycles. The molecule has 1 aromatic rings. The smallest absolute Gasteiger partial charge is 0.246 e. The first-order chi connectivity index (χ1) is 17.7. The highest BCUT2D eigenvalue weighted by molar-refractivity contribution is 5.95. The molecule has 2 saturated heterocycles. The molecule has 1 spiro atoms. The number of hydrogen-bond acceptors (Lipinski definition) is 7. The van der Waals surface area contributed by atoms with Gasteiger partial charge in [-0.2, -0.15) is 0 Å². The van der Waals surface area contributed by atoms with E-state index in [1.165, 1.54) is 0 Å². The number of likely N-dealkylation sites (tertiary alicyclic amines) is 1. The van der Waals surface area contributed by atoms with Crippen LogP contribution in [-0.4, -0.2) is 68.7 Å². The van der Waals surface area contributed by atoms with Gasteiger partial charge in [0.25, 0.3) is 0 Å². The maximum absolute atomic E-state index is 14.0. The molecule has 6 atom stereocenters. The Morgan fingerprint density at radius 1 is 1.21 bits per heavy atom. The van der Waals surface area contributed by atoms with Crippen LogP contribution in [0.1, 0.15) is 60.3 Å². The van der Waals surface area contributed by atoms with Crippen molar-refractivity contribution < 1.29 is 19.2 Å². The summed E-state index contributed by atoms with van der Waals surface area (Å²) in [4.78, 5) is 62.7. The average Bonchev–Trinajstić information content (AvgIpc) is 3.55. The molecule has 0 bridgehead atoms. The lowest BCUT2D eigenvalue weighted by Gasteiger charge is -2.38. The molecule has 2 aliphatic carbocycles. The van der Waals surface area contributed by atoms with Gasteiger partial charge >= 0.3 is 0 Å². The van der Waals surface area contributed by atoms with Gasteiger partial charge in [0.1, 0.15) is 18.1 Å². The quantitative estimate of drug-likeness (QED) is 0.391. The van der Waals surface area contributed by atoms with Crippen LogP contribution in [-0.2, 0) is 19.2 Å². The number of nitrogens with zero attached hydrogens (tertiary/aromatic N) is 3. The summed E-state index contributed by atoms with van der Waals surface area (Å²) in [5, 5.41) is 9.02. The fourth-order valence-electron chi connectivity index (χ4n) is 6.57. The van der Waals surface area contributed by atoms with Crippen LogP contribution in [0.25, 0.3) is 0 Å². The number of amides is 4. The monoisotopic (exact) mass is 525 g/mol. The summed E-state index contributed by atoms with van der Waals surface area (Å²) < 4.78 is 0. The summed E-state index contributed by atoms with van der Waals surface area (Å²) in [6, 6.07) is -0.700. The summed E-state index contributed by atoms with van der Waals surface area (Å²) >= 11 is 0. The first-order valence-electron chi connectivity index (χ1n) is 13.5. The number of hydrogen-bond donors (Lipinski definition) is 4. The SMILES string of the molecule is CC(C)(C)[C@H](Nc1ncccn1)C(=O)N1C[C@H]2[C@@H]([C@H]1C(=O)N[C@@H](C[C@@H]1CC3(CC3)NC1=O)C(N)=O)C2(C)C. The second-order valence-corrected chi connectivity index (χ2v) is 13.3. The predicted molar refractivity (Wildman–Crippen MR) is 139 cm³/mol. The van der Waals surface area contributed by atoms with E-state index in [0.717, 1.165) is 12.8 Å². The average molecular weight is 526 g/mol. The van der Waals surface area contributed by atoms with E-state index in [9.17, 15) is 19.2 Å². The molecule has 4 amide bonds. The fraction of sp³-hybridized carbons (Fsp3) is 0.704. The Kier molecular flexibility index (Phi) is 6.18. The third kappa shape index (κ3) is 4.71. The van der Waals surface area contributed by atoms with E-state index in [0.29, 0.717) is 18.9 Å².